The van der Waals surface area contributed by atoms with Gasteiger partial charge in [0, 0.05) is 39.4 Å². The van der Waals surface area contributed by atoms with Crippen molar-refractivity contribution in [3.8, 4) is 0 Å². The second kappa shape index (κ2) is 8.44. The summed E-state index contributed by atoms with van der Waals surface area (Å²) in [6, 6.07) is 0. The van der Waals surface area contributed by atoms with Crippen LogP contribution in [-0.4, -0.2) is 75.2 Å². The fourth-order valence-electron chi connectivity index (χ4n) is 1.81. The minimum Gasteiger partial charge on any atom is -0.382 e. The minimum absolute atomic E-state index is 0.217. The maximum Gasteiger partial charge on any atom is 0.236 e. The molecule has 1 N–H and O–H groups in total. The maximum absolute atomic E-state index is 11.8. The molecular formula is C12H25N3O2. The number of carbonyl (C=O) groups is 1. The van der Waals surface area contributed by atoms with Gasteiger partial charge >= 0.3 is 0 Å². The number of amides is 1. The summed E-state index contributed by atoms with van der Waals surface area (Å²) >= 11 is 0. The van der Waals surface area contributed by atoms with Crippen LogP contribution < -0.4 is 5.32 Å². The Kier molecular flexibility index (Phi) is 7.16. The molecule has 0 bridgehead atoms. The van der Waals surface area contributed by atoms with Crippen molar-refractivity contribution in [2.24, 2.45) is 0 Å². The molecule has 100 valence electrons. The summed E-state index contributed by atoms with van der Waals surface area (Å²) < 4.78 is 5.23. The van der Waals surface area contributed by atoms with Crippen LogP contribution in [0.2, 0.25) is 0 Å². The predicted molar refractivity (Wildman–Crippen MR) is 68.1 cm³/mol. The van der Waals surface area contributed by atoms with Crippen molar-refractivity contribution >= 4 is 5.91 Å². The highest BCUT2D eigenvalue weighted by Gasteiger charge is 2.17. The third-order valence-corrected chi connectivity index (χ3v) is 2.98. The van der Waals surface area contributed by atoms with E-state index in [1.165, 1.54) is 0 Å². The lowest BCUT2D eigenvalue weighted by molar-refractivity contribution is -0.131. The molecular weight excluding hydrogens is 218 g/mol. The fourth-order valence-corrected chi connectivity index (χ4v) is 1.81. The van der Waals surface area contributed by atoms with E-state index < -0.39 is 0 Å². The van der Waals surface area contributed by atoms with Crippen LogP contribution in [0.4, 0.5) is 0 Å². The zero-order valence-electron chi connectivity index (χ0n) is 11.1. The van der Waals surface area contributed by atoms with E-state index in [1.807, 2.05) is 11.8 Å². The van der Waals surface area contributed by atoms with Crippen molar-refractivity contribution in [2.75, 3.05) is 59.5 Å². The van der Waals surface area contributed by atoms with Crippen LogP contribution in [-0.2, 0) is 9.53 Å². The number of hydrogen-bond acceptors (Lipinski definition) is 4. The van der Waals surface area contributed by atoms with Gasteiger partial charge in [-0.3, -0.25) is 4.79 Å². The Morgan fingerprint density at radius 1 is 1.29 bits per heavy atom. The van der Waals surface area contributed by atoms with E-state index in [0.717, 1.165) is 52.4 Å². The van der Waals surface area contributed by atoms with Gasteiger partial charge in [0.1, 0.15) is 0 Å². The lowest BCUT2D eigenvalue weighted by Crippen LogP contribution is -2.49. The number of piperazine rings is 1. The SMILES string of the molecule is CCOCCCNCC(=O)N1CCN(C)CC1. The number of nitrogens with one attached hydrogen (secondary N) is 1. The summed E-state index contributed by atoms with van der Waals surface area (Å²) in [4.78, 5) is 16.0. The Labute approximate surface area is 104 Å². The number of likely N-dealkylation sites (N-methyl/N-ethyl adjacent to an activating group) is 1. The molecule has 0 aliphatic carbocycles. The highest BCUT2D eigenvalue weighted by Crippen LogP contribution is 1.98. The highest BCUT2D eigenvalue weighted by molar-refractivity contribution is 5.78. The Balaban J connectivity index is 2.01. The molecule has 5 nitrogen and oxygen atoms in total. The molecule has 1 aliphatic heterocycles. The lowest BCUT2D eigenvalue weighted by atomic mass is 10.3. The van der Waals surface area contributed by atoms with Crippen molar-refractivity contribution < 1.29 is 9.53 Å². The average Bonchev–Trinajstić information content (AvgIpc) is 2.34. The Bertz CT molecular complexity index is 216. The van der Waals surface area contributed by atoms with Crippen LogP contribution in [0.1, 0.15) is 13.3 Å². The molecule has 1 saturated heterocycles. The van der Waals surface area contributed by atoms with E-state index in [0.29, 0.717) is 6.54 Å². The van der Waals surface area contributed by atoms with Crippen LogP contribution >= 0.6 is 0 Å². The maximum atomic E-state index is 11.8. The predicted octanol–water partition coefficient (Wildman–Crippen LogP) is -0.223. The summed E-state index contributed by atoms with van der Waals surface area (Å²) in [5, 5.41) is 3.17. The molecule has 1 amide bonds. The fraction of sp³-hybridized carbons (Fsp3) is 0.917. The monoisotopic (exact) mass is 243 g/mol. The molecule has 0 aromatic heterocycles. The number of hydrogen-bond donors (Lipinski definition) is 1. The van der Waals surface area contributed by atoms with E-state index in [-0.39, 0.29) is 5.91 Å². The summed E-state index contributed by atoms with van der Waals surface area (Å²) in [6.07, 6.45) is 0.962. The molecule has 0 saturated carbocycles. The third kappa shape index (κ3) is 6.00. The van der Waals surface area contributed by atoms with E-state index in [1.54, 1.807) is 0 Å². The van der Waals surface area contributed by atoms with E-state index in [2.05, 4.69) is 17.3 Å². The Morgan fingerprint density at radius 2 is 2.00 bits per heavy atom. The highest BCUT2D eigenvalue weighted by atomic mass is 16.5. The van der Waals surface area contributed by atoms with Crippen LogP contribution in [0.5, 0.6) is 0 Å². The first-order chi connectivity index (χ1) is 8.24. The molecule has 0 unspecified atom stereocenters. The van der Waals surface area contributed by atoms with Crippen molar-refractivity contribution in [3.63, 3.8) is 0 Å². The number of carbonyl (C=O) groups excluding carboxylic acids is 1. The van der Waals surface area contributed by atoms with Gasteiger partial charge in [-0.05, 0) is 26.9 Å². The largest absolute Gasteiger partial charge is 0.382 e. The number of nitrogens with zero attached hydrogens (tertiary/aromatic N) is 2. The van der Waals surface area contributed by atoms with E-state index >= 15 is 0 Å². The van der Waals surface area contributed by atoms with Gasteiger partial charge in [0.2, 0.25) is 5.91 Å². The van der Waals surface area contributed by atoms with Gasteiger partial charge in [0.25, 0.3) is 0 Å². The van der Waals surface area contributed by atoms with Gasteiger partial charge in [-0.25, -0.2) is 0 Å². The van der Waals surface area contributed by atoms with Gasteiger partial charge in [-0.2, -0.15) is 0 Å². The molecule has 0 radical (unpaired) electrons. The topological polar surface area (TPSA) is 44.8 Å². The van der Waals surface area contributed by atoms with Crippen molar-refractivity contribution in [1.29, 1.82) is 0 Å². The molecule has 17 heavy (non-hydrogen) atoms. The summed E-state index contributed by atoms with van der Waals surface area (Å²) in [6.45, 7) is 8.50. The average molecular weight is 243 g/mol. The van der Waals surface area contributed by atoms with Gasteiger partial charge in [0.15, 0.2) is 0 Å². The van der Waals surface area contributed by atoms with Crippen molar-refractivity contribution in [3.05, 3.63) is 0 Å². The smallest absolute Gasteiger partial charge is 0.236 e. The first-order valence-corrected chi connectivity index (χ1v) is 6.48. The summed E-state index contributed by atoms with van der Waals surface area (Å²) in [7, 11) is 2.09. The van der Waals surface area contributed by atoms with Gasteiger partial charge in [-0.15, -0.1) is 0 Å². The van der Waals surface area contributed by atoms with E-state index in [4.69, 9.17) is 4.74 Å². The summed E-state index contributed by atoms with van der Waals surface area (Å²) in [5.74, 6) is 0.217. The third-order valence-electron chi connectivity index (χ3n) is 2.98. The quantitative estimate of drug-likeness (QED) is 0.628. The first-order valence-electron chi connectivity index (χ1n) is 6.48. The molecule has 1 fully saturated rings. The number of ether oxygens (including phenoxy) is 1. The minimum atomic E-state index is 0.217. The second-order valence-electron chi connectivity index (χ2n) is 4.41. The summed E-state index contributed by atoms with van der Waals surface area (Å²) in [5.41, 5.74) is 0. The van der Waals surface area contributed by atoms with Crippen LogP contribution in [0.3, 0.4) is 0 Å². The molecule has 0 spiro atoms. The molecule has 0 aromatic carbocycles. The normalized spacial score (nSPS) is 17.4. The Hall–Kier alpha value is -0.650. The van der Waals surface area contributed by atoms with Crippen molar-refractivity contribution in [2.45, 2.75) is 13.3 Å². The molecule has 1 rings (SSSR count). The van der Waals surface area contributed by atoms with Gasteiger partial charge in [0.05, 0.1) is 6.54 Å². The molecule has 5 heteroatoms. The van der Waals surface area contributed by atoms with Gasteiger partial charge in [-0.1, -0.05) is 0 Å². The van der Waals surface area contributed by atoms with Crippen molar-refractivity contribution in [1.82, 2.24) is 15.1 Å². The lowest BCUT2D eigenvalue weighted by Gasteiger charge is -2.32. The second-order valence-corrected chi connectivity index (χ2v) is 4.41. The van der Waals surface area contributed by atoms with Crippen LogP contribution in [0.15, 0.2) is 0 Å². The molecule has 0 aromatic rings. The van der Waals surface area contributed by atoms with E-state index in [9.17, 15) is 4.79 Å². The Morgan fingerprint density at radius 3 is 2.65 bits per heavy atom. The first kappa shape index (κ1) is 14.4. The zero-order valence-corrected chi connectivity index (χ0v) is 11.1. The number of rotatable bonds is 7. The molecule has 1 heterocycles. The van der Waals surface area contributed by atoms with Crippen LogP contribution in [0.25, 0.3) is 0 Å². The molecule has 0 atom stereocenters. The molecule has 1 aliphatic rings. The van der Waals surface area contributed by atoms with Crippen LogP contribution in [0, 0.1) is 0 Å². The van der Waals surface area contributed by atoms with Gasteiger partial charge < -0.3 is 19.9 Å². The standard InChI is InChI=1S/C12H25N3O2/c1-3-17-10-4-5-13-11-12(16)15-8-6-14(2)7-9-15/h13H,3-11H2,1-2H3. The zero-order chi connectivity index (χ0) is 12.5.